The first kappa shape index (κ1) is 12.3. The van der Waals surface area contributed by atoms with Crippen molar-refractivity contribution in [2.45, 2.75) is 31.4 Å². The number of hydroxylamine groups is 2. The largest absolute Gasteiger partial charge is 0.293 e. The first-order valence-electron chi connectivity index (χ1n) is 7.31. The van der Waals surface area contributed by atoms with Crippen molar-refractivity contribution in [3.05, 3.63) is 18.0 Å². The minimum Gasteiger partial charge on any atom is -0.293 e. The summed E-state index contributed by atoms with van der Waals surface area (Å²) in [6.45, 7) is 3.36. The number of carbonyl (C=O) groups excluding carboxylic acids is 1. The van der Waals surface area contributed by atoms with Crippen LogP contribution in [0.2, 0.25) is 0 Å². The summed E-state index contributed by atoms with van der Waals surface area (Å²) in [4.78, 5) is 20.2. The molecule has 0 bridgehead atoms. The maximum atomic E-state index is 12.0. The second kappa shape index (κ2) is 4.30. The Balaban J connectivity index is 1.32. The average molecular weight is 276 g/mol. The molecule has 0 aromatic carbocycles. The molecule has 6 nitrogen and oxygen atoms in total. The SMILES string of the molecule is Cn1cc(CN2CC3(CC(=O)N(CC4CC4)O3)C2)cn1. The van der Waals surface area contributed by atoms with Crippen molar-refractivity contribution in [1.82, 2.24) is 19.7 Å². The van der Waals surface area contributed by atoms with Gasteiger partial charge < -0.3 is 0 Å². The van der Waals surface area contributed by atoms with E-state index >= 15 is 0 Å². The molecule has 6 heteroatoms. The zero-order chi connectivity index (χ0) is 13.7. The molecule has 3 heterocycles. The molecule has 4 rings (SSSR count). The van der Waals surface area contributed by atoms with Gasteiger partial charge in [-0.1, -0.05) is 0 Å². The van der Waals surface area contributed by atoms with Crippen LogP contribution in [0.4, 0.5) is 0 Å². The molecule has 20 heavy (non-hydrogen) atoms. The summed E-state index contributed by atoms with van der Waals surface area (Å²) in [6, 6.07) is 0. The highest BCUT2D eigenvalue weighted by Crippen LogP contribution is 2.39. The van der Waals surface area contributed by atoms with Crippen molar-refractivity contribution in [1.29, 1.82) is 0 Å². The highest BCUT2D eigenvalue weighted by Gasteiger charge is 2.53. The van der Waals surface area contributed by atoms with Crippen molar-refractivity contribution in [3.63, 3.8) is 0 Å². The van der Waals surface area contributed by atoms with Crippen LogP contribution in [0.3, 0.4) is 0 Å². The smallest absolute Gasteiger partial charge is 0.249 e. The van der Waals surface area contributed by atoms with Gasteiger partial charge in [0.2, 0.25) is 5.91 Å². The van der Waals surface area contributed by atoms with E-state index in [9.17, 15) is 4.79 Å². The molecular formula is C14H20N4O2. The molecule has 1 saturated carbocycles. The molecule has 2 saturated heterocycles. The van der Waals surface area contributed by atoms with Crippen molar-refractivity contribution in [3.8, 4) is 0 Å². The van der Waals surface area contributed by atoms with Gasteiger partial charge in [-0.2, -0.15) is 5.10 Å². The van der Waals surface area contributed by atoms with Gasteiger partial charge in [-0.3, -0.25) is 19.2 Å². The predicted octanol–water partition coefficient (Wildman–Crippen LogP) is 0.548. The van der Waals surface area contributed by atoms with Crippen molar-refractivity contribution in [2.75, 3.05) is 19.6 Å². The monoisotopic (exact) mass is 276 g/mol. The fraction of sp³-hybridized carbons (Fsp3) is 0.714. The normalized spacial score (nSPS) is 25.4. The number of amides is 1. The third-order valence-electron chi connectivity index (χ3n) is 4.36. The van der Waals surface area contributed by atoms with Crippen LogP contribution in [0.1, 0.15) is 24.8 Å². The van der Waals surface area contributed by atoms with E-state index < -0.39 is 0 Å². The predicted molar refractivity (Wildman–Crippen MR) is 71.4 cm³/mol. The van der Waals surface area contributed by atoms with E-state index in [0.717, 1.165) is 26.2 Å². The Bertz CT molecular complexity index is 531. The first-order valence-corrected chi connectivity index (χ1v) is 7.31. The van der Waals surface area contributed by atoms with Gasteiger partial charge in [0, 0.05) is 38.4 Å². The Kier molecular flexibility index (Phi) is 2.65. The molecule has 1 aromatic rings. The molecule has 0 radical (unpaired) electrons. The molecule has 3 aliphatic rings. The van der Waals surface area contributed by atoms with E-state index in [1.165, 1.54) is 18.4 Å². The summed E-state index contributed by atoms with van der Waals surface area (Å²) in [5.41, 5.74) is 0.968. The maximum absolute atomic E-state index is 12.0. The molecule has 108 valence electrons. The Hall–Kier alpha value is -1.40. The molecule has 3 fully saturated rings. The van der Waals surface area contributed by atoms with Crippen molar-refractivity contribution < 1.29 is 9.63 Å². The van der Waals surface area contributed by atoms with Crippen LogP contribution in [0.5, 0.6) is 0 Å². The summed E-state index contributed by atoms with van der Waals surface area (Å²) in [5, 5.41) is 5.80. The van der Waals surface area contributed by atoms with Crippen LogP contribution < -0.4 is 0 Å². The standard InChI is InChI=1S/C14H20N4O2/c1-16-6-12(5-15-16)7-17-9-14(10-17)4-13(19)18(20-14)8-11-2-3-11/h5-6,11H,2-4,7-10H2,1H3. The Morgan fingerprint density at radius 1 is 1.45 bits per heavy atom. The number of rotatable bonds is 4. The molecule has 1 aromatic heterocycles. The topological polar surface area (TPSA) is 50.6 Å². The zero-order valence-electron chi connectivity index (χ0n) is 11.8. The highest BCUT2D eigenvalue weighted by molar-refractivity contribution is 5.78. The summed E-state index contributed by atoms with van der Waals surface area (Å²) in [7, 11) is 1.93. The molecule has 1 amide bonds. The number of aryl methyl sites for hydroxylation is 1. The summed E-state index contributed by atoms with van der Waals surface area (Å²) >= 11 is 0. The summed E-state index contributed by atoms with van der Waals surface area (Å²) < 4.78 is 1.82. The van der Waals surface area contributed by atoms with E-state index in [0.29, 0.717) is 12.3 Å². The van der Waals surface area contributed by atoms with Crippen molar-refractivity contribution >= 4 is 5.91 Å². The molecule has 0 N–H and O–H groups in total. The van der Waals surface area contributed by atoms with E-state index in [1.807, 2.05) is 24.1 Å². The van der Waals surface area contributed by atoms with E-state index in [1.54, 1.807) is 5.06 Å². The lowest BCUT2D eigenvalue weighted by molar-refractivity contribution is -0.238. The summed E-state index contributed by atoms with van der Waals surface area (Å²) in [6.07, 6.45) is 6.96. The lowest BCUT2D eigenvalue weighted by Crippen LogP contribution is -2.61. The third kappa shape index (κ3) is 2.23. The Labute approximate surface area is 118 Å². The fourth-order valence-corrected chi connectivity index (χ4v) is 3.22. The number of carbonyl (C=O) groups is 1. The van der Waals surface area contributed by atoms with Gasteiger partial charge in [0.25, 0.3) is 0 Å². The second-order valence-electron chi connectivity index (χ2n) is 6.52. The fourth-order valence-electron chi connectivity index (χ4n) is 3.22. The highest BCUT2D eigenvalue weighted by atomic mass is 16.7. The van der Waals surface area contributed by atoms with E-state index in [-0.39, 0.29) is 11.5 Å². The Morgan fingerprint density at radius 2 is 2.25 bits per heavy atom. The van der Waals surface area contributed by atoms with Gasteiger partial charge >= 0.3 is 0 Å². The van der Waals surface area contributed by atoms with Crippen LogP contribution in [0, 0.1) is 5.92 Å². The quantitative estimate of drug-likeness (QED) is 0.806. The zero-order valence-corrected chi connectivity index (χ0v) is 11.8. The molecule has 2 aliphatic heterocycles. The maximum Gasteiger partial charge on any atom is 0.249 e. The van der Waals surface area contributed by atoms with E-state index in [4.69, 9.17) is 4.84 Å². The number of hydrogen-bond acceptors (Lipinski definition) is 4. The van der Waals surface area contributed by atoms with Crippen molar-refractivity contribution in [2.24, 2.45) is 13.0 Å². The minimum absolute atomic E-state index is 0.165. The lowest BCUT2D eigenvalue weighted by Gasteiger charge is -2.45. The van der Waals surface area contributed by atoms with Gasteiger partial charge in [0.15, 0.2) is 0 Å². The Morgan fingerprint density at radius 3 is 2.90 bits per heavy atom. The van der Waals surface area contributed by atoms with Gasteiger partial charge in [0.1, 0.15) is 5.60 Å². The molecule has 1 spiro atoms. The van der Waals surface area contributed by atoms with Crippen LogP contribution >= 0.6 is 0 Å². The average Bonchev–Trinajstić information content (AvgIpc) is 2.99. The second-order valence-corrected chi connectivity index (χ2v) is 6.52. The third-order valence-corrected chi connectivity index (χ3v) is 4.36. The van der Waals surface area contributed by atoms with Gasteiger partial charge in [-0.25, -0.2) is 5.06 Å². The van der Waals surface area contributed by atoms with Gasteiger partial charge in [-0.05, 0) is 18.8 Å². The summed E-state index contributed by atoms with van der Waals surface area (Å²) in [5.74, 6) is 0.846. The molecule has 1 aliphatic carbocycles. The molecule has 0 atom stereocenters. The number of aromatic nitrogens is 2. The molecular weight excluding hydrogens is 256 g/mol. The molecule has 0 unspecified atom stereocenters. The minimum atomic E-state index is -0.242. The van der Waals surface area contributed by atoms with Gasteiger partial charge in [-0.15, -0.1) is 0 Å². The van der Waals surface area contributed by atoms with Crippen LogP contribution in [0.15, 0.2) is 12.4 Å². The van der Waals surface area contributed by atoms with Crippen LogP contribution in [-0.2, 0) is 23.2 Å². The first-order chi connectivity index (χ1) is 9.62. The van der Waals surface area contributed by atoms with E-state index in [2.05, 4.69) is 10.00 Å². The number of hydrogen-bond donors (Lipinski definition) is 0. The lowest BCUT2D eigenvalue weighted by atomic mass is 9.90. The number of likely N-dealkylation sites (tertiary alicyclic amines) is 1. The van der Waals surface area contributed by atoms with Gasteiger partial charge in [0.05, 0.1) is 19.2 Å². The van der Waals surface area contributed by atoms with Crippen LogP contribution in [0.25, 0.3) is 0 Å². The number of nitrogens with zero attached hydrogens (tertiary/aromatic N) is 4. The van der Waals surface area contributed by atoms with Crippen LogP contribution in [-0.4, -0.2) is 50.9 Å².